The topological polar surface area (TPSA) is 52.6 Å². The molecule has 0 spiro atoms. The maximum absolute atomic E-state index is 11.9. The molecular weight excluding hydrogens is 412 g/mol. The maximum Gasteiger partial charge on any atom is 0.311 e. The van der Waals surface area contributed by atoms with Gasteiger partial charge in [-0.25, -0.2) is 0 Å². The third-order valence-corrected chi connectivity index (χ3v) is 6.08. The van der Waals surface area contributed by atoms with Crippen LogP contribution in [0.4, 0.5) is 0 Å². The normalized spacial score (nSPS) is 10.8. The number of esters is 2. The standard InChI is InChI=1S/C29H48O4/c1-3-5-6-7-8-9-10-11-12-13-14-15-16-17-18-24-32-28(30)22-23-29(31)33-27-21-19-20-26(4-2)25-27/h19-21,25H,3-18,22-24H2,1-2H3. The van der Waals surface area contributed by atoms with Crippen LogP contribution in [0.25, 0.3) is 0 Å². The summed E-state index contributed by atoms with van der Waals surface area (Å²) in [6, 6.07) is 7.47. The third-order valence-electron chi connectivity index (χ3n) is 6.08. The fourth-order valence-electron chi connectivity index (χ4n) is 3.95. The third kappa shape index (κ3) is 17.3. The average Bonchev–Trinajstić information content (AvgIpc) is 2.82. The van der Waals surface area contributed by atoms with Gasteiger partial charge in [-0.15, -0.1) is 0 Å². The largest absolute Gasteiger partial charge is 0.466 e. The summed E-state index contributed by atoms with van der Waals surface area (Å²) in [7, 11) is 0. The average molecular weight is 461 g/mol. The number of hydrogen-bond acceptors (Lipinski definition) is 4. The monoisotopic (exact) mass is 460 g/mol. The molecule has 33 heavy (non-hydrogen) atoms. The van der Waals surface area contributed by atoms with Gasteiger partial charge in [0, 0.05) is 0 Å². The Hall–Kier alpha value is -1.84. The molecule has 1 aromatic rings. The second kappa shape index (κ2) is 20.7. The SMILES string of the molecule is CCCCCCCCCCCCCCCCCOC(=O)CCC(=O)Oc1cccc(CC)c1. The highest BCUT2D eigenvalue weighted by molar-refractivity contribution is 5.79. The number of ether oxygens (including phenoxy) is 2. The molecule has 4 nitrogen and oxygen atoms in total. The zero-order valence-electron chi connectivity index (χ0n) is 21.4. The molecule has 4 heteroatoms. The second-order valence-corrected chi connectivity index (χ2v) is 9.15. The van der Waals surface area contributed by atoms with E-state index >= 15 is 0 Å². The van der Waals surface area contributed by atoms with Crippen molar-refractivity contribution in [3.63, 3.8) is 0 Å². The molecule has 0 aromatic heterocycles. The van der Waals surface area contributed by atoms with E-state index in [-0.39, 0.29) is 18.8 Å². The highest BCUT2D eigenvalue weighted by atomic mass is 16.5. The summed E-state index contributed by atoms with van der Waals surface area (Å²) in [5.74, 6) is -0.183. The van der Waals surface area contributed by atoms with E-state index < -0.39 is 5.97 Å². The van der Waals surface area contributed by atoms with Crippen LogP contribution in [0, 0.1) is 0 Å². The Morgan fingerprint density at radius 3 is 1.73 bits per heavy atom. The number of unbranched alkanes of at least 4 members (excludes halogenated alkanes) is 14. The lowest BCUT2D eigenvalue weighted by Gasteiger charge is -2.07. The Morgan fingerprint density at radius 1 is 0.667 bits per heavy atom. The minimum atomic E-state index is -0.396. The van der Waals surface area contributed by atoms with E-state index in [9.17, 15) is 9.59 Å². The van der Waals surface area contributed by atoms with Crippen LogP contribution in [0.1, 0.15) is 129 Å². The van der Waals surface area contributed by atoms with Gasteiger partial charge in [0.2, 0.25) is 0 Å². The van der Waals surface area contributed by atoms with Gasteiger partial charge in [-0.1, -0.05) is 116 Å². The first-order valence-corrected chi connectivity index (χ1v) is 13.6. The Labute approximate surface area is 202 Å². The Kier molecular flexibility index (Phi) is 18.4. The molecule has 0 atom stereocenters. The lowest BCUT2D eigenvalue weighted by Crippen LogP contribution is -2.13. The van der Waals surface area contributed by atoms with Crippen LogP contribution >= 0.6 is 0 Å². The van der Waals surface area contributed by atoms with E-state index in [0.717, 1.165) is 24.8 Å². The molecule has 0 aliphatic carbocycles. The predicted octanol–water partition coefficient (Wildman–Crippen LogP) is 8.35. The van der Waals surface area contributed by atoms with Gasteiger partial charge in [-0.3, -0.25) is 9.59 Å². The second-order valence-electron chi connectivity index (χ2n) is 9.15. The maximum atomic E-state index is 11.9. The Balaban J connectivity index is 1.86. The molecule has 0 saturated heterocycles. The fraction of sp³-hybridized carbons (Fsp3) is 0.724. The van der Waals surface area contributed by atoms with E-state index in [1.807, 2.05) is 18.2 Å². The van der Waals surface area contributed by atoms with Gasteiger partial charge < -0.3 is 9.47 Å². The minimum absolute atomic E-state index is 0.0496. The smallest absolute Gasteiger partial charge is 0.311 e. The van der Waals surface area contributed by atoms with E-state index in [2.05, 4.69) is 13.8 Å². The van der Waals surface area contributed by atoms with E-state index in [4.69, 9.17) is 9.47 Å². The summed E-state index contributed by atoms with van der Waals surface area (Å²) in [6.45, 7) is 4.77. The van der Waals surface area contributed by atoms with Gasteiger partial charge in [-0.2, -0.15) is 0 Å². The van der Waals surface area contributed by atoms with E-state index in [1.165, 1.54) is 83.5 Å². The van der Waals surface area contributed by atoms with Crippen LogP contribution in [-0.4, -0.2) is 18.5 Å². The predicted molar refractivity (Wildman–Crippen MR) is 137 cm³/mol. The summed E-state index contributed by atoms with van der Waals surface area (Å²) in [6.07, 6.45) is 20.7. The molecule has 0 bridgehead atoms. The quantitative estimate of drug-likeness (QED) is 0.105. The van der Waals surface area contributed by atoms with Crippen molar-refractivity contribution >= 4 is 11.9 Å². The molecule has 1 rings (SSSR count). The first kappa shape index (κ1) is 29.2. The zero-order chi connectivity index (χ0) is 24.0. The lowest BCUT2D eigenvalue weighted by molar-refractivity contribution is -0.147. The van der Waals surface area contributed by atoms with Crippen molar-refractivity contribution in [3.05, 3.63) is 29.8 Å². The molecular formula is C29H48O4. The summed E-state index contributed by atoms with van der Waals surface area (Å²) in [4.78, 5) is 23.7. The number of carbonyl (C=O) groups is 2. The van der Waals surface area contributed by atoms with Gasteiger partial charge in [0.15, 0.2) is 0 Å². The molecule has 0 heterocycles. The molecule has 0 aliphatic rings. The highest BCUT2D eigenvalue weighted by Gasteiger charge is 2.10. The van der Waals surface area contributed by atoms with Gasteiger partial charge in [0.1, 0.15) is 5.75 Å². The summed E-state index contributed by atoms with van der Waals surface area (Å²) >= 11 is 0. The molecule has 0 amide bonds. The minimum Gasteiger partial charge on any atom is -0.466 e. The van der Waals surface area contributed by atoms with Crippen molar-refractivity contribution in [3.8, 4) is 5.75 Å². The number of benzene rings is 1. The summed E-state index contributed by atoms with van der Waals surface area (Å²) in [5, 5.41) is 0. The lowest BCUT2D eigenvalue weighted by atomic mass is 10.0. The molecule has 0 saturated carbocycles. The van der Waals surface area contributed by atoms with Gasteiger partial charge in [0.25, 0.3) is 0 Å². The Morgan fingerprint density at radius 2 is 1.18 bits per heavy atom. The number of aryl methyl sites for hydroxylation is 1. The molecule has 0 fully saturated rings. The van der Waals surface area contributed by atoms with Crippen molar-refractivity contribution in [2.45, 2.75) is 129 Å². The number of hydrogen-bond donors (Lipinski definition) is 0. The van der Waals surface area contributed by atoms with Gasteiger partial charge >= 0.3 is 11.9 Å². The van der Waals surface area contributed by atoms with Crippen LogP contribution in [0.15, 0.2) is 24.3 Å². The van der Waals surface area contributed by atoms with Crippen molar-refractivity contribution in [1.82, 2.24) is 0 Å². The fourth-order valence-corrected chi connectivity index (χ4v) is 3.95. The van der Waals surface area contributed by atoms with Crippen molar-refractivity contribution in [2.24, 2.45) is 0 Å². The molecule has 0 radical (unpaired) electrons. The van der Waals surface area contributed by atoms with Crippen LogP contribution in [-0.2, 0) is 20.7 Å². The molecule has 0 N–H and O–H groups in total. The van der Waals surface area contributed by atoms with E-state index in [1.54, 1.807) is 6.07 Å². The first-order valence-electron chi connectivity index (χ1n) is 13.6. The summed E-state index contributed by atoms with van der Waals surface area (Å²) in [5.41, 5.74) is 1.11. The van der Waals surface area contributed by atoms with Crippen LogP contribution in [0.5, 0.6) is 5.75 Å². The van der Waals surface area contributed by atoms with Crippen LogP contribution in [0.2, 0.25) is 0 Å². The van der Waals surface area contributed by atoms with Crippen LogP contribution < -0.4 is 4.74 Å². The van der Waals surface area contributed by atoms with Crippen molar-refractivity contribution in [1.29, 1.82) is 0 Å². The van der Waals surface area contributed by atoms with Crippen molar-refractivity contribution in [2.75, 3.05) is 6.61 Å². The number of rotatable bonds is 21. The van der Waals surface area contributed by atoms with Crippen molar-refractivity contribution < 1.29 is 19.1 Å². The van der Waals surface area contributed by atoms with Crippen LogP contribution in [0.3, 0.4) is 0 Å². The highest BCUT2D eigenvalue weighted by Crippen LogP contribution is 2.15. The summed E-state index contributed by atoms with van der Waals surface area (Å²) < 4.78 is 10.5. The molecule has 1 aromatic carbocycles. The van der Waals surface area contributed by atoms with Gasteiger partial charge in [-0.05, 0) is 30.5 Å². The Bertz CT molecular complexity index is 626. The zero-order valence-corrected chi connectivity index (χ0v) is 21.4. The molecule has 0 aliphatic heterocycles. The van der Waals surface area contributed by atoms with E-state index in [0.29, 0.717) is 12.4 Å². The first-order chi connectivity index (χ1) is 16.2. The number of carbonyl (C=O) groups excluding carboxylic acids is 2. The van der Waals surface area contributed by atoms with Gasteiger partial charge in [0.05, 0.1) is 19.4 Å². The molecule has 188 valence electrons. The molecule has 0 unspecified atom stereocenters.